The Kier molecular flexibility index (Phi) is 3.61. The Bertz CT molecular complexity index is 382. The Labute approximate surface area is 98.7 Å². The number of nitrogens with zero attached hydrogens (tertiary/aromatic N) is 1. The second kappa shape index (κ2) is 4.44. The van der Waals surface area contributed by atoms with E-state index < -0.39 is 0 Å². The molecular formula is C14H23NO. The van der Waals surface area contributed by atoms with Gasteiger partial charge >= 0.3 is 0 Å². The quantitative estimate of drug-likeness (QED) is 0.715. The molecule has 1 aromatic rings. The first-order chi connectivity index (χ1) is 7.27. The van der Waals surface area contributed by atoms with Gasteiger partial charge in [0.05, 0.1) is 0 Å². The minimum atomic E-state index is 0.296. The molecule has 2 nitrogen and oxygen atoms in total. The van der Waals surface area contributed by atoms with Gasteiger partial charge in [0.15, 0.2) is 6.29 Å². The van der Waals surface area contributed by atoms with Crippen molar-refractivity contribution in [2.45, 2.75) is 48.1 Å². The van der Waals surface area contributed by atoms with Crippen molar-refractivity contribution in [3.8, 4) is 0 Å². The molecule has 0 aliphatic carbocycles. The predicted molar refractivity (Wildman–Crippen MR) is 67.9 cm³/mol. The number of hydrogen-bond donors (Lipinski definition) is 0. The van der Waals surface area contributed by atoms with Crippen LogP contribution in [0.25, 0.3) is 0 Å². The van der Waals surface area contributed by atoms with Gasteiger partial charge in [-0.1, -0.05) is 27.7 Å². The van der Waals surface area contributed by atoms with Gasteiger partial charge in [-0.2, -0.15) is 0 Å². The van der Waals surface area contributed by atoms with E-state index in [0.717, 1.165) is 24.1 Å². The molecule has 0 fully saturated rings. The maximum Gasteiger partial charge on any atom is 0.151 e. The van der Waals surface area contributed by atoms with Crippen LogP contribution >= 0.6 is 0 Å². The summed E-state index contributed by atoms with van der Waals surface area (Å²) in [6, 6.07) is 1.97. The Morgan fingerprint density at radius 3 is 2.31 bits per heavy atom. The van der Waals surface area contributed by atoms with Crippen LogP contribution in [0.4, 0.5) is 0 Å². The fourth-order valence-corrected chi connectivity index (χ4v) is 1.78. The molecular weight excluding hydrogens is 198 g/mol. The lowest BCUT2D eigenvalue weighted by Gasteiger charge is -2.28. The van der Waals surface area contributed by atoms with Gasteiger partial charge in [-0.25, -0.2) is 0 Å². The fourth-order valence-electron chi connectivity index (χ4n) is 1.78. The summed E-state index contributed by atoms with van der Waals surface area (Å²) in [7, 11) is 0. The van der Waals surface area contributed by atoms with Gasteiger partial charge in [-0.3, -0.25) is 4.79 Å². The summed E-state index contributed by atoms with van der Waals surface area (Å²) in [4.78, 5) is 10.9. The van der Waals surface area contributed by atoms with Crippen molar-refractivity contribution in [2.75, 3.05) is 0 Å². The molecule has 90 valence electrons. The van der Waals surface area contributed by atoms with E-state index in [4.69, 9.17) is 0 Å². The van der Waals surface area contributed by atoms with Crippen molar-refractivity contribution < 1.29 is 4.79 Å². The zero-order valence-corrected chi connectivity index (χ0v) is 11.3. The Hall–Kier alpha value is -1.05. The highest BCUT2D eigenvalue weighted by Gasteiger charge is 2.21. The van der Waals surface area contributed by atoms with Crippen LogP contribution in [0.1, 0.15) is 49.4 Å². The second-order valence-corrected chi connectivity index (χ2v) is 5.82. The topological polar surface area (TPSA) is 22.0 Å². The molecule has 1 unspecified atom stereocenters. The third-order valence-electron chi connectivity index (χ3n) is 3.67. The zero-order valence-electron chi connectivity index (χ0n) is 11.3. The molecule has 1 atom stereocenters. The third-order valence-corrected chi connectivity index (χ3v) is 3.67. The first kappa shape index (κ1) is 13.0. The van der Waals surface area contributed by atoms with E-state index in [2.05, 4.69) is 39.2 Å². The van der Waals surface area contributed by atoms with Gasteiger partial charge < -0.3 is 4.57 Å². The van der Waals surface area contributed by atoms with Crippen molar-refractivity contribution in [2.24, 2.45) is 11.3 Å². The predicted octanol–water partition coefficient (Wildman–Crippen LogP) is 3.60. The molecule has 0 amide bonds. The number of aromatic nitrogens is 1. The average Bonchev–Trinajstić information content (AvgIpc) is 2.43. The highest BCUT2D eigenvalue weighted by molar-refractivity contribution is 5.77. The largest absolute Gasteiger partial charge is 0.348 e. The van der Waals surface area contributed by atoms with Gasteiger partial charge in [0.1, 0.15) is 0 Å². The monoisotopic (exact) mass is 221 g/mol. The highest BCUT2D eigenvalue weighted by atomic mass is 16.1. The van der Waals surface area contributed by atoms with Crippen LogP contribution in [0.3, 0.4) is 0 Å². The second-order valence-electron chi connectivity index (χ2n) is 5.82. The summed E-state index contributed by atoms with van der Waals surface area (Å²) >= 11 is 0. The first-order valence-electron chi connectivity index (χ1n) is 5.89. The van der Waals surface area contributed by atoms with E-state index in [0.29, 0.717) is 11.3 Å². The molecule has 0 radical (unpaired) electrons. The van der Waals surface area contributed by atoms with Crippen molar-refractivity contribution in [3.63, 3.8) is 0 Å². The SMILES string of the molecule is Cc1cc(C=O)c(C)n1CC(C)C(C)(C)C. The van der Waals surface area contributed by atoms with E-state index in [1.807, 2.05) is 13.0 Å². The van der Waals surface area contributed by atoms with Crippen molar-refractivity contribution >= 4 is 6.29 Å². The molecule has 0 bridgehead atoms. The van der Waals surface area contributed by atoms with E-state index in [-0.39, 0.29) is 0 Å². The maximum absolute atomic E-state index is 10.9. The lowest BCUT2D eigenvalue weighted by atomic mass is 9.82. The number of aryl methyl sites for hydroxylation is 1. The molecule has 1 aromatic heterocycles. The van der Waals surface area contributed by atoms with E-state index >= 15 is 0 Å². The van der Waals surface area contributed by atoms with Crippen LogP contribution in [0.2, 0.25) is 0 Å². The van der Waals surface area contributed by atoms with Crippen molar-refractivity contribution in [1.82, 2.24) is 4.57 Å². The molecule has 2 heteroatoms. The first-order valence-corrected chi connectivity index (χ1v) is 5.89. The van der Waals surface area contributed by atoms with Crippen LogP contribution in [0.5, 0.6) is 0 Å². The summed E-state index contributed by atoms with van der Waals surface area (Å²) in [6.07, 6.45) is 0.945. The molecule has 16 heavy (non-hydrogen) atoms. The standard InChI is InChI=1S/C14H23NO/c1-10(14(4,5)6)8-15-11(2)7-13(9-16)12(15)3/h7,9-10H,8H2,1-6H3. The number of aldehydes is 1. The van der Waals surface area contributed by atoms with Gasteiger partial charge in [0.2, 0.25) is 0 Å². The van der Waals surface area contributed by atoms with Crippen molar-refractivity contribution in [1.29, 1.82) is 0 Å². The van der Waals surface area contributed by atoms with Crippen LogP contribution < -0.4 is 0 Å². The summed E-state index contributed by atoms with van der Waals surface area (Å²) < 4.78 is 2.25. The lowest BCUT2D eigenvalue weighted by molar-refractivity contribution is 0.112. The molecule has 1 heterocycles. The normalized spacial score (nSPS) is 13.9. The number of rotatable bonds is 3. The van der Waals surface area contributed by atoms with Crippen LogP contribution in [-0.4, -0.2) is 10.9 Å². The molecule has 0 saturated carbocycles. The number of hydrogen-bond acceptors (Lipinski definition) is 1. The average molecular weight is 221 g/mol. The van der Waals surface area contributed by atoms with E-state index in [1.165, 1.54) is 5.69 Å². The summed E-state index contributed by atoms with van der Waals surface area (Å²) in [5.74, 6) is 0.580. The highest BCUT2D eigenvalue weighted by Crippen LogP contribution is 2.28. The zero-order chi connectivity index (χ0) is 12.5. The summed E-state index contributed by atoms with van der Waals surface area (Å²) in [5, 5.41) is 0. The summed E-state index contributed by atoms with van der Waals surface area (Å²) in [5.41, 5.74) is 3.38. The molecule has 0 saturated heterocycles. The molecule has 0 aliphatic rings. The Balaban J connectivity index is 2.98. The van der Waals surface area contributed by atoms with Crippen LogP contribution in [-0.2, 0) is 6.54 Å². The molecule has 0 N–H and O–H groups in total. The fraction of sp³-hybridized carbons (Fsp3) is 0.643. The minimum Gasteiger partial charge on any atom is -0.348 e. The molecule has 0 aliphatic heterocycles. The smallest absolute Gasteiger partial charge is 0.151 e. The number of carbonyl (C=O) groups excluding carboxylic acids is 1. The van der Waals surface area contributed by atoms with Gasteiger partial charge in [0, 0.05) is 23.5 Å². The van der Waals surface area contributed by atoms with E-state index in [1.54, 1.807) is 0 Å². The lowest BCUT2D eigenvalue weighted by Crippen LogP contribution is -2.23. The van der Waals surface area contributed by atoms with Crippen molar-refractivity contribution in [3.05, 3.63) is 23.0 Å². The van der Waals surface area contributed by atoms with Crippen LogP contribution in [0, 0.1) is 25.2 Å². The maximum atomic E-state index is 10.9. The Morgan fingerprint density at radius 2 is 1.94 bits per heavy atom. The van der Waals surface area contributed by atoms with Gasteiger partial charge in [-0.05, 0) is 31.2 Å². The number of carbonyl (C=O) groups is 1. The Morgan fingerprint density at radius 1 is 1.38 bits per heavy atom. The van der Waals surface area contributed by atoms with Gasteiger partial charge in [0.25, 0.3) is 0 Å². The molecule has 0 spiro atoms. The van der Waals surface area contributed by atoms with E-state index in [9.17, 15) is 4.79 Å². The summed E-state index contributed by atoms with van der Waals surface area (Å²) in [6.45, 7) is 14.1. The van der Waals surface area contributed by atoms with Gasteiger partial charge in [-0.15, -0.1) is 0 Å². The third kappa shape index (κ3) is 2.55. The molecule has 1 rings (SSSR count). The molecule has 0 aromatic carbocycles. The minimum absolute atomic E-state index is 0.296. The van der Waals surface area contributed by atoms with Crippen LogP contribution in [0.15, 0.2) is 6.07 Å².